The molecule has 0 spiro atoms. The maximum Gasteiger partial charge on any atom is 0.272 e. The van der Waals surface area contributed by atoms with Crippen LogP contribution in [0, 0.1) is 0 Å². The summed E-state index contributed by atoms with van der Waals surface area (Å²) in [5.41, 5.74) is 3.10. The summed E-state index contributed by atoms with van der Waals surface area (Å²) in [6.45, 7) is 1.09. The number of carbonyl (C=O) groups excluding carboxylic acids is 1. The van der Waals surface area contributed by atoms with Gasteiger partial charge in [0.2, 0.25) is 5.91 Å². The molecule has 164 valence electrons. The lowest BCUT2D eigenvalue weighted by molar-refractivity contribution is -0.121. The molecule has 32 heavy (non-hydrogen) atoms. The van der Waals surface area contributed by atoms with Crippen molar-refractivity contribution in [1.82, 2.24) is 14.9 Å². The highest BCUT2D eigenvalue weighted by Gasteiger charge is 2.13. The normalized spacial score (nSPS) is 11.0. The second kappa shape index (κ2) is 11.1. The van der Waals surface area contributed by atoms with Crippen LogP contribution in [0.1, 0.15) is 24.0 Å². The first-order valence-electron chi connectivity index (χ1n) is 10.7. The molecule has 2 aromatic heterocycles. The summed E-state index contributed by atoms with van der Waals surface area (Å²) in [4.78, 5) is 30.0. The van der Waals surface area contributed by atoms with Crippen molar-refractivity contribution in [2.75, 3.05) is 6.54 Å². The number of nitrogens with one attached hydrogen (secondary N) is 1. The molecule has 7 heteroatoms. The van der Waals surface area contributed by atoms with Gasteiger partial charge in [0, 0.05) is 25.3 Å². The van der Waals surface area contributed by atoms with Crippen LogP contribution in [0.3, 0.4) is 0 Å². The summed E-state index contributed by atoms with van der Waals surface area (Å²) in [6, 6.07) is 22.1. The van der Waals surface area contributed by atoms with Gasteiger partial charge in [0.15, 0.2) is 5.16 Å². The van der Waals surface area contributed by atoms with Crippen LogP contribution in [-0.4, -0.2) is 22.0 Å². The first-order valence-corrected chi connectivity index (χ1v) is 12.5. The van der Waals surface area contributed by atoms with Crippen LogP contribution in [0.2, 0.25) is 0 Å². The molecule has 0 aliphatic rings. The van der Waals surface area contributed by atoms with Crippen LogP contribution in [0.4, 0.5) is 0 Å². The molecule has 0 saturated carbocycles. The minimum Gasteiger partial charge on any atom is -0.356 e. The number of carbonyl (C=O) groups is 1. The van der Waals surface area contributed by atoms with Gasteiger partial charge in [-0.15, -0.1) is 11.3 Å². The Morgan fingerprint density at radius 1 is 1.00 bits per heavy atom. The van der Waals surface area contributed by atoms with E-state index in [0.717, 1.165) is 17.7 Å². The first-order chi connectivity index (χ1) is 15.7. The second-order valence-corrected chi connectivity index (χ2v) is 9.31. The predicted octanol–water partition coefficient (Wildman–Crippen LogP) is 4.89. The Bertz CT molecular complexity index is 1220. The second-order valence-electron chi connectivity index (χ2n) is 7.45. The van der Waals surface area contributed by atoms with Gasteiger partial charge in [-0.3, -0.25) is 14.2 Å². The number of amides is 1. The van der Waals surface area contributed by atoms with Crippen molar-refractivity contribution in [3.8, 4) is 0 Å². The van der Waals surface area contributed by atoms with E-state index in [1.165, 1.54) is 22.5 Å². The topological polar surface area (TPSA) is 64.0 Å². The number of benzene rings is 2. The Balaban J connectivity index is 1.36. The molecule has 0 fully saturated rings. The molecule has 0 unspecified atom stereocenters. The van der Waals surface area contributed by atoms with Gasteiger partial charge in [0.25, 0.3) is 5.56 Å². The smallest absolute Gasteiger partial charge is 0.272 e. The SMILES string of the molecule is O=C(CCCn1c(SCc2ccccc2)nc2ccsc2c1=O)NCCc1ccccc1. The van der Waals surface area contributed by atoms with Crippen molar-refractivity contribution in [3.63, 3.8) is 0 Å². The zero-order valence-electron chi connectivity index (χ0n) is 17.7. The summed E-state index contributed by atoms with van der Waals surface area (Å²) in [6.07, 6.45) is 1.78. The maximum absolute atomic E-state index is 13.0. The molecule has 1 N–H and O–H groups in total. The molecule has 0 atom stereocenters. The lowest BCUT2D eigenvalue weighted by atomic mass is 10.1. The standard InChI is InChI=1S/C25H25N3O2S2/c29-22(26-15-13-19-8-3-1-4-9-19)12-7-16-28-24(30)23-21(14-17-31-23)27-25(28)32-18-20-10-5-2-6-11-20/h1-6,8-11,14,17H,7,12-13,15-16,18H2,(H,26,29). The molecule has 2 heterocycles. The van der Waals surface area contributed by atoms with Crippen LogP contribution >= 0.6 is 23.1 Å². The molecule has 4 rings (SSSR count). The number of thioether (sulfide) groups is 1. The Hall–Kier alpha value is -2.90. The van der Waals surface area contributed by atoms with E-state index in [9.17, 15) is 9.59 Å². The number of hydrogen-bond donors (Lipinski definition) is 1. The monoisotopic (exact) mass is 463 g/mol. The largest absolute Gasteiger partial charge is 0.356 e. The molecule has 0 saturated heterocycles. The number of nitrogens with zero attached hydrogens (tertiary/aromatic N) is 2. The average molecular weight is 464 g/mol. The van der Waals surface area contributed by atoms with Crippen molar-refractivity contribution < 1.29 is 4.79 Å². The third kappa shape index (κ3) is 5.87. The van der Waals surface area contributed by atoms with Gasteiger partial charge in [-0.2, -0.15) is 0 Å². The van der Waals surface area contributed by atoms with Gasteiger partial charge in [0.05, 0.1) is 5.52 Å². The van der Waals surface area contributed by atoms with E-state index in [4.69, 9.17) is 4.98 Å². The Morgan fingerprint density at radius 3 is 2.47 bits per heavy atom. The number of thiophene rings is 1. The van der Waals surface area contributed by atoms with E-state index in [1.54, 1.807) is 16.3 Å². The van der Waals surface area contributed by atoms with E-state index in [2.05, 4.69) is 29.6 Å². The van der Waals surface area contributed by atoms with E-state index in [0.29, 0.717) is 35.8 Å². The van der Waals surface area contributed by atoms with E-state index >= 15 is 0 Å². The molecule has 5 nitrogen and oxygen atoms in total. The maximum atomic E-state index is 13.0. The van der Waals surface area contributed by atoms with Crippen molar-refractivity contribution in [2.45, 2.75) is 36.7 Å². The highest BCUT2D eigenvalue weighted by Crippen LogP contribution is 2.24. The Kier molecular flexibility index (Phi) is 7.74. The van der Waals surface area contributed by atoms with Crippen molar-refractivity contribution in [3.05, 3.63) is 93.6 Å². The zero-order chi connectivity index (χ0) is 22.2. The highest BCUT2D eigenvalue weighted by atomic mass is 32.2. The fraction of sp³-hybridized carbons (Fsp3) is 0.240. The first kappa shape index (κ1) is 22.3. The minimum absolute atomic E-state index is 0.0117. The number of hydrogen-bond acceptors (Lipinski definition) is 5. The number of fused-ring (bicyclic) bond motifs is 1. The highest BCUT2D eigenvalue weighted by molar-refractivity contribution is 7.98. The van der Waals surface area contributed by atoms with Gasteiger partial charge in [-0.05, 0) is 35.4 Å². The van der Waals surface area contributed by atoms with Crippen LogP contribution < -0.4 is 10.9 Å². The molecular weight excluding hydrogens is 438 g/mol. The molecule has 0 aliphatic carbocycles. The summed E-state index contributed by atoms with van der Waals surface area (Å²) in [7, 11) is 0. The van der Waals surface area contributed by atoms with Crippen LogP contribution in [0.15, 0.2) is 82.1 Å². The van der Waals surface area contributed by atoms with E-state index in [-0.39, 0.29) is 11.5 Å². The molecule has 4 aromatic rings. The van der Waals surface area contributed by atoms with E-state index < -0.39 is 0 Å². The zero-order valence-corrected chi connectivity index (χ0v) is 19.3. The molecule has 0 bridgehead atoms. The third-order valence-corrected chi connectivity index (χ3v) is 7.04. The van der Waals surface area contributed by atoms with Gasteiger partial charge in [-0.25, -0.2) is 4.98 Å². The van der Waals surface area contributed by atoms with Gasteiger partial charge < -0.3 is 5.32 Å². The third-order valence-electron chi connectivity index (χ3n) is 5.11. The Morgan fingerprint density at radius 2 is 1.72 bits per heavy atom. The minimum atomic E-state index is -0.0231. The van der Waals surface area contributed by atoms with Crippen molar-refractivity contribution in [1.29, 1.82) is 0 Å². The van der Waals surface area contributed by atoms with Crippen LogP contribution in [0.25, 0.3) is 10.2 Å². The van der Waals surface area contributed by atoms with E-state index in [1.807, 2.05) is 47.8 Å². The average Bonchev–Trinajstić information content (AvgIpc) is 3.30. The Labute approximate surface area is 195 Å². The van der Waals surface area contributed by atoms with Gasteiger partial charge >= 0.3 is 0 Å². The quantitative estimate of drug-likeness (QED) is 0.269. The van der Waals surface area contributed by atoms with Gasteiger partial charge in [-0.1, -0.05) is 72.4 Å². The summed E-state index contributed by atoms with van der Waals surface area (Å²) >= 11 is 2.97. The fourth-order valence-electron chi connectivity index (χ4n) is 3.43. The lowest BCUT2D eigenvalue weighted by Gasteiger charge is -2.12. The summed E-state index contributed by atoms with van der Waals surface area (Å²) in [5, 5.41) is 5.57. The molecule has 1 amide bonds. The van der Waals surface area contributed by atoms with Crippen molar-refractivity contribution >= 4 is 39.2 Å². The lowest BCUT2D eigenvalue weighted by Crippen LogP contribution is -2.27. The predicted molar refractivity (Wildman–Crippen MR) is 132 cm³/mol. The van der Waals surface area contributed by atoms with Crippen LogP contribution in [0.5, 0.6) is 0 Å². The molecule has 0 aliphatic heterocycles. The molecule has 2 aromatic carbocycles. The number of aromatic nitrogens is 2. The van der Waals surface area contributed by atoms with Gasteiger partial charge in [0.1, 0.15) is 4.70 Å². The fourth-order valence-corrected chi connectivity index (χ4v) is 5.19. The molecule has 0 radical (unpaired) electrons. The summed E-state index contributed by atoms with van der Waals surface area (Å²) in [5.74, 6) is 0.751. The van der Waals surface area contributed by atoms with Crippen molar-refractivity contribution in [2.24, 2.45) is 0 Å². The van der Waals surface area contributed by atoms with Crippen LogP contribution in [-0.2, 0) is 23.5 Å². The number of rotatable bonds is 10. The molecular formula is C25H25N3O2S2. The summed E-state index contributed by atoms with van der Waals surface area (Å²) < 4.78 is 2.39.